The summed E-state index contributed by atoms with van der Waals surface area (Å²) in [6, 6.07) is 1.87. The minimum Gasteiger partial charge on any atom is -0.505 e. The molecule has 0 aliphatic carbocycles. The summed E-state index contributed by atoms with van der Waals surface area (Å²) in [4.78, 5) is -0.703. The summed E-state index contributed by atoms with van der Waals surface area (Å²) < 4.78 is 57.2. The van der Waals surface area contributed by atoms with Crippen LogP contribution in [0.3, 0.4) is 0 Å². The van der Waals surface area contributed by atoms with Crippen molar-refractivity contribution < 1.29 is 26.3 Å². The van der Waals surface area contributed by atoms with Crippen molar-refractivity contribution in [3.8, 4) is 5.75 Å². The van der Waals surface area contributed by atoms with Gasteiger partial charge in [0.25, 0.3) is 0 Å². The molecule has 0 radical (unpaired) electrons. The molecule has 1 aromatic rings. The highest BCUT2D eigenvalue weighted by molar-refractivity contribution is 8.13. The molecule has 0 unspecified atom stereocenters. The molecule has 0 saturated heterocycles. The first kappa shape index (κ1) is 14.2. The zero-order valence-electron chi connectivity index (χ0n) is 8.51. The van der Waals surface area contributed by atoms with E-state index in [0.717, 1.165) is 18.4 Å². The van der Waals surface area contributed by atoms with Crippen molar-refractivity contribution in [1.29, 1.82) is 0 Å². The van der Waals surface area contributed by atoms with Crippen LogP contribution in [0.4, 0.5) is 4.39 Å². The Morgan fingerprint density at radius 2 is 1.82 bits per heavy atom. The minimum absolute atomic E-state index is 0.301. The summed E-state index contributed by atoms with van der Waals surface area (Å²) in [5.41, 5.74) is -0.301. The van der Waals surface area contributed by atoms with Crippen LogP contribution in [0.15, 0.2) is 17.0 Å². The van der Waals surface area contributed by atoms with Gasteiger partial charge in [-0.15, -0.1) is 0 Å². The molecule has 0 atom stereocenters. The highest BCUT2D eigenvalue weighted by Gasteiger charge is 2.21. The van der Waals surface area contributed by atoms with E-state index in [0.29, 0.717) is 0 Å². The van der Waals surface area contributed by atoms with Crippen molar-refractivity contribution in [3.05, 3.63) is 23.5 Å². The Morgan fingerprint density at radius 1 is 1.29 bits per heavy atom. The van der Waals surface area contributed by atoms with E-state index in [1.807, 2.05) is 0 Å². The first-order chi connectivity index (χ1) is 7.52. The van der Waals surface area contributed by atoms with E-state index in [2.05, 4.69) is 0 Å². The van der Waals surface area contributed by atoms with Gasteiger partial charge >= 0.3 is 0 Å². The molecule has 1 rings (SSSR count). The number of benzene rings is 1. The summed E-state index contributed by atoms with van der Waals surface area (Å²) in [6.07, 6.45) is 0.767. The van der Waals surface area contributed by atoms with Gasteiger partial charge in [0.05, 0.1) is 5.75 Å². The fourth-order valence-electron chi connectivity index (χ4n) is 1.17. The SMILES string of the molecule is CS(=O)(=O)c1ccc(CS(=O)(=O)Cl)c(O)c1F. The van der Waals surface area contributed by atoms with Gasteiger partial charge in [-0.05, 0) is 6.07 Å². The van der Waals surface area contributed by atoms with Crippen molar-refractivity contribution >= 4 is 29.6 Å². The molecule has 1 aromatic carbocycles. The summed E-state index contributed by atoms with van der Waals surface area (Å²) >= 11 is 0. The fourth-order valence-corrected chi connectivity index (χ4v) is 2.87. The maximum absolute atomic E-state index is 13.5. The van der Waals surface area contributed by atoms with Crippen LogP contribution in [0.2, 0.25) is 0 Å². The first-order valence-electron chi connectivity index (χ1n) is 4.15. The third-order valence-corrected chi connectivity index (χ3v) is 3.99. The van der Waals surface area contributed by atoms with Gasteiger partial charge in [-0.25, -0.2) is 21.2 Å². The number of phenols is 1. The third-order valence-electron chi connectivity index (χ3n) is 1.89. The van der Waals surface area contributed by atoms with Crippen LogP contribution in [0, 0.1) is 5.82 Å². The largest absolute Gasteiger partial charge is 0.505 e. The number of rotatable bonds is 3. The Hall–Kier alpha value is -0.860. The van der Waals surface area contributed by atoms with Crippen LogP contribution in [-0.2, 0) is 24.6 Å². The van der Waals surface area contributed by atoms with Crippen LogP contribution in [0.1, 0.15) is 5.56 Å². The van der Waals surface area contributed by atoms with Crippen LogP contribution in [0.25, 0.3) is 0 Å². The summed E-state index contributed by atoms with van der Waals surface area (Å²) in [5, 5.41) is 9.34. The van der Waals surface area contributed by atoms with Crippen molar-refractivity contribution in [2.24, 2.45) is 0 Å². The number of phenolic OH excluding ortho intramolecular Hbond substituents is 1. The number of hydrogen-bond donors (Lipinski definition) is 1. The average Bonchev–Trinajstić information content (AvgIpc) is 2.08. The summed E-state index contributed by atoms with van der Waals surface area (Å²) in [7, 11) is -2.86. The molecule has 0 spiro atoms. The van der Waals surface area contributed by atoms with Gasteiger partial charge in [0.2, 0.25) is 9.05 Å². The molecular weight excluding hydrogens is 295 g/mol. The lowest BCUT2D eigenvalue weighted by atomic mass is 10.2. The van der Waals surface area contributed by atoms with Gasteiger partial charge in [0, 0.05) is 22.5 Å². The predicted octanol–water partition coefficient (Wildman–Crippen LogP) is 1.00. The van der Waals surface area contributed by atoms with Gasteiger partial charge in [-0.2, -0.15) is 0 Å². The Kier molecular flexibility index (Phi) is 3.70. The standard InChI is InChI=1S/C8H8ClFO5S2/c1-16(12,13)6-3-2-5(4-17(9,14)15)8(11)7(6)10/h2-3,11H,4H2,1H3. The topological polar surface area (TPSA) is 88.5 Å². The normalized spacial score (nSPS) is 12.6. The molecule has 9 heteroatoms. The van der Waals surface area contributed by atoms with E-state index in [9.17, 15) is 26.3 Å². The van der Waals surface area contributed by atoms with E-state index < -0.39 is 41.1 Å². The van der Waals surface area contributed by atoms with Crippen molar-refractivity contribution in [1.82, 2.24) is 0 Å². The fraction of sp³-hybridized carbons (Fsp3) is 0.250. The van der Waals surface area contributed by atoms with E-state index in [-0.39, 0.29) is 5.56 Å². The second-order valence-electron chi connectivity index (χ2n) is 3.34. The van der Waals surface area contributed by atoms with Crippen LogP contribution < -0.4 is 0 Å². The zero-order chi connectivity index (χ0) is 13.4. The Labute approximate surface area is 102 Å². The molecule has 0 saturated carbocycles. The van der Waals surface area contributed by atoms with Gasteiger partial charge in [-0.1, -0.05) is 6.07 Å². The molecule has 0 aromatic heterocycles. The van der Waals surface area contributed by atoms with Gasteiger partial charge in [0.15, 0.2) is 21.4 Å². The van der Waals surface area contributed by atoms with E-state index in [1.165, 1.54) is 0 Å². The van der Waals surface area contributed by atoms with Gasteiger partial charge in [0.1, 0.15) is 4.90 Å². The molecule has 1 N–H and O–H groups in total. The highest BCUT2D eigenvalue weighted by atomic mass is 35.7. The number of hydrogen-bond acceptors (Lipinski definition) is 5. The Morgan fingerprint density at radius 3 is 2.24 bits per heavy atom. The van der Waals surface area contributed by atoms with Gasteiger partial charge < -0.3 is 5.11 Å². The van der Waals surface area contributed by atoms with Crippen molar-refractivity contribution in [2.45, 2.75) is 10.6 Å². The summed E-state index contributed by atoms with van der Waals surface area (Å²) in [6.45, 7) is 0. The minimum atomic E-state index is -3.97. The Bertz CT molecular complexity index is 651. The molecule has 96 valence electrons. The first-order valence-corrected chi connectivity index (χ1v) is 8.52. The van der Waals surface area contributed by atoms with Crippen LogP contribution in [-0.4, -0.2) is 28.2 Å². The second kappa shape index (κ2) is 4.43. The molecule has 0 heterocycles. The lowest BCUT2D eigenvalue weighted by Gasteiger charge is -2.07. The van der Waals surface area contributed by atoms with Crippen molar-refractivity contribution in [3.63, 3.8) is 0 Å². The lowest BCUT2D eigenvalue weighted by Crippen LogP contribution is -2.04. The van der Waals surface area contributed by atoms with E-state index in [1.54, 1.807) is 0 Å². The smallest absolute Gasteiger partial charge is 0.236 e. The Balaban J connectivity index is 3.40. The number of sulfone groups is 1. The number of aromatic hydroxyl groups is 1. The quantitative estimate of drug-likeness (QED) is 0.842. The summed E-state index contributed by atoms with van der Waals surface area (Å²) in [5.74, 6) is -3.20. The molecule has 0 bridgehead atoms. The highest BCUT2D eigenvalue weighted by Crippen LogP contribution is 2.29. The third kappa shape index (κ3) is 3.55. The predicted molar refractivity (Wildman–Crippen MR) is 59.7 cm³/mol. The molecule has 0 fully saturated rings. The lowest BCUT2D eigenvalue weighted by molar-refractivity contribution is 0.418. The molecule has 0 amide bonds. The zero-order valence-corrected chi connectivity index (χ0v) is 10.9. The van der Waals surface area contributed by atoms with E-state index in [4.69, 9.17) is 10.7 Å². The van der Waals surface area contributed by atoms with Crippen molar-refractivity contribution in [2.75, 3.05) is 6.26 Å². The molecule has 0 aliphatic heterocycles. The maximum atomic E-state index is 13.5. The number of halogens is 2. The maximum Gasteiger partial charge on any atom is 0.236 e. The van der Waals surface area contributed by atoms with Crippen LogP contribution >= 0.6 is 10.7 Å². The van der Waals surface area contributed by atoms with Crippen LogP contribution in [0.5, 0.6) is 5.75 Å². The molecule has 0 aliphatic rings. The molecular formula is C8H8ClFO5S2. The molecule has 17 heavy (non-hydrogen) atoms. The van der Waals surface area contributed by atoms with Gasteiger partial charge in [-0.3, -0.25) is 0 Å². The second-order valence-corrected chi connectivity index (χ2v) is 8.10. The monoisotopic (exact) mass is 302 g/mol. The molecule has 5 nitrogen and oxygen atoms in total. The average molecular weight is 303 g/mol. The van der Waals surface area contributed by atoms with E-state index >= 15 is 0 Å².